The zero-order valence-corrected chi connectivity index (χ0v) is 17.5. The Morgan fingerprint density at radius 3 is 2.08 bits per heavy atom. The molecule has 0 radical (unpaired) electrons. The molecular formula is C24H36N2. The minimum absolute atomic E-state index is 0.554. The first kappa shape index (κ1) is 19.1. The topological polar surface area (TPSA) is 6.48 Å². The Labute approximate surface area is 160 Å². The Morgan fingerprint density at radius 1 is 0.885 bits per heavy atom. The van der Waals surface area contributed by atoms with Crippen molar-refractivity contribution >= 4 is 5.69 Å². The lowest BCUT2D eigenvalue weighted by atomic mass is 9.86. The van der Waals surface area contributed by atoms with Crippen molar-refractivity contribution in [1.29, 1.82) is 0 Å². The summed E-state index contributed by atoms with van der Waals surface area (Å²) in [4.78, 5) is 5.25. The molecule has 1 aliphatic carbocycles. The van der Waals surface area contributed by atoms with Gasteiger partial charge in [-0.2, -0.15) is 0 Å². The Balaban J connectivity index is 1.90. The van der Waals surface area contributed by atoms with E-state index in [9.17, 15) is 0 Å². The van der Waals surface area contributed by atoms with Crippen molar-refractivity contribution in [3.05, 3.63) is 53.3 Å². The van der Waals surface area contributed by atoms with Crippen molar-refractivity contribution in [2.75, 3.05) is 24.7 Å². The van der Waals surface area contributed by atoms with E-state index < -0.39 is 0 Å². The zero-order chi connectivity index (χ0) is 18.8. The van der Waals surface area contributed by atoms with Gasteiger partial charge in [-0.3, -0.25) is 0 Å². The van der Waals surface area contributed by atoms with Crippen molar-refractivity contribution < 1.29 is 0 Å². The highest BCUT2D eigenvalue weighted by Gasteiger charge is 2.30. The third-order valence-corrected chi connectivity index (χ3v) is 5.98. The highest BCUT2D eigenvalue weighted by molar-refractivity contribution is 5.62. The number of benzene rings is 1. The van der Waals surface area contributed by atoms with Crippen LogP contribution in [0.5, 0.6) is 0 Å². The second-order valence-corrected chi connectivity index (χ2v) is 8.87. The van der Waals surface area contributed by atoms with E-state index in [-0.39, 0.29) is 0 Å². The average molecular weight is 353 g/mol. The molecule has 1 saturated heterocycles. The third kappa shape index (κ3) is 3.70. The standard InChI is InChI=1S/C24H36N2/c1-17(2)20-10-7-8-13-23(20)25-14-15-26(16-25)24-21(18(3)4)11-9-12-22(24)19(5)6/h7-9,11-13,17-20H,10,14-16H2,1-6H3. The van der Waals surface area contributed by atoms with Crippen molar-refractivity contribution in [2.24, 2.45) is 11.8 Å². The minimum Gasteiger partial charge on any atom is -0.355 e. The molecule has 3 rings (SSSR count). The Hall–Kier alpha value is -1.70. The number of rotatable bonds is 5. The van der Waals surface area contributed by atoms with Crippen molar-refractivity contribution in [3.8, 4) is 0 Å². The van der Waals surface area contributed by atoms with E-state index in [0.29, 0.717) is 23.7 Å². The van der Waals surface area contributed by atoms with Gasteiger partial charge in [0.1, 0.15) is 0 Å². The predicted octanol–water partition coefficient (Wildman–Crippen LogP) is 6.13. The summed E-state index contributed by atoms with van der Waals surface area (Å²) in [6.45, 7) is 17.3. The van der Waals surface area contributed by atoms with Gasteiger partial charge >= 0.3 is 0 Å². The summed E-state index contributed by atoms with van der Waals surface area (Å²) < 4.78 is 0. The molecule has 1 fully saturated rings. The predicted molar refractivity (Wildman–Crippen MR) is 114 cm³/mol. The zero-order valence-electron chi connectivity index (χ0n) is 17.5. The van der Waals surface area contributed by atoms with E-state index in [1.54, 1.807) is 0 Å². The molecule has 0 spiro atoms. The molecule has 1 aromatic carbocycles. The van der Waals surface area contributed by atoms with Gasteiger partial charge < -0.3 is 9.80 Å². The fourth-order valence-electron chi connectivity index (χ4n) is 4.45. The van der Waals surface area contributed by atoms with Crippen molar-refractivity contribution in [1.82, 2.24) is 4.90 Å². The van der Waals surface area contributed by atoms with Gasteiger partial charge in [-0.05, 0) is 41.4 Å². The third-order valence-electron chi connectivity index (χ3n) is 5.98. The summed E-state index contributed by atoms with van der Waals surface area (Å²) in [5.74, 6) is 2.45. The second kappa shape index (κ2) is 7.90. The van der Waals surface area contributed by atoms with Crippen LogP contribution in [0, 0.1) is 11.8 Å². The van der Waals surface area contributed by atoms with E-state index in [4.69, 9.17) is 0 Å². The maximum Gasteiger partial charge on any atom is 0.0901 e. The smallest absolute Gasteiger partial charge is 0.0901 e. The summed E-state index contributed by atoms with van der Waals surface area (Å²) in [6, 6.07) is 6.90. The number of para-hydroxylation sites is 1. The minimum atomic E-state index is 0.554. The molecule has 0 N–H and O–H groups in total. The second-order valence-electron chi connectivity index (χ2n) is 8.87. The highest BCUT2D eigenvalue weighted by Crippen LogP contribution is 2.38. The van der Waals surface area contributed by atoms with Gasteiger partial charge in [0.2, 0.25) is 0 Å². The van der Waals surface area contributed by atoms with Crippen LogP contribution in [0.4, 0.5) is 5.69 Å². The van der Waals surface area contributed by atoms with Crippen LogP contribution in [-0.4, -0.2) is 24.7 Å². The first-order valence-electron chi connectivity index (χ1n) is 10.4. The first-order valence-corrected chi connectivity index (χ1v) is 10.4. The molecule has 26 heavy (non-hydrogen) atoms. The van der Waals surface area contributed by atoms with Gasteiger partial charge in [0, 0.05) is 30.4 Å². The van der Waals surface area contributed by atoms with Crippen LogP contribution < -0.4 is 4.90 Å². The number of hydrogen-bond donors (Lipinski definition) is 0. The van der Waals surface area contributed by atoms with Gasteiger partial charge in [0.25, 0.3) is 0 Å². The van der Waals surface area contributed by atoms with Gasteiger partial charge in [0.05, 0.1) is 6.67 Å². The van der Waals surface area contributed by atoms with Crippen LogP contribution in [0.3, 0.4) is 0 Å². The molecule has 2 aliphatic rings. The van der Waals surface area contributed by atoms with Crippen LogP contribution in [0.2, 0.25) is 0 Å². The Kier molecular flexibility index (Phi) is 5.79. The number of allylic oxidation sites excluding steroid dienone is 4. The quantitative estimate of drug-likeness (QED) is 0.629. The lowest BCUT2D eigenvalue weighted by Crippen LogP contribution is -2.31. The molecule has 0 saturated carbocycles. The first-order chi connectivity index (χ1) is 12.4. The lowest BCUT2D eigenvalue weighted by Gasteiger charge is -2.33. The SMILES string of the molecule is CC(C)c1cccc(C(C)C)c1N1CCN(C2=CC=CCC2C(C)C)C1. The molecule has 2 nitrogen and oxygen atoms in total. The highest BCUT2D eigenvalue weighted by atomic mass is 15.4. The maximum absolute atomic E-state index is 2.63. The van der Waals surface area contributed by atoms with E-state index in [2.05, 4.69) is 87.8 Å². The van der Waals surface area contributed by atoms with Crippen molar-refractivity contribution in [3.63, 3.8) is 0 Å². The van der Waals surface area contributed by atoms with Crippen LogP contribution in [0.15, 0.2) is 42.1 Å². The molecule has 0 bridgehead atoms. The Morgan fingerprint density at radius 2 is 1.50 bits per heavy atom. The van der Waals surface area contributed by atoms with Crippen molar-refractivity contribution in [2.45, 2.75) is 59.8 Å². The van der Waals surface area contributed by atoms with Gasteiger partial charge in [-0.25, -0.2) is 0 Å². The van der Waals surface area contributed by atoms with E-state index in [1.807, 2.05) is 0 Å². The van der Waals surface area contributed by atoms with Gasteiger partial charge in [0.15, 0.2) is 0 Å². The molecule has 1 unspecified atom stereocenters. The average Bonchev–Trinajstić information content (AvgIpc) is 3.10. The van der Waals surface area contributed by atoms with E-state index in [1.165, 1.54) is 28.9 Å². The molecule has 2 heteroatoms. The summed E-state index contributed by atoms with van der Waals surface area (Å²) in [5, 5.41) is 0. The summed E-state index contributed by atoms with van der Waals surface area (Å²) in [5.41, 5.74) is 6.03. The summed E-state index contributed by atoms with van der Waals surface area (Å²) in [7, 11) is 0. The molecule has 1 heterocycles. The monoisotopic (exact) mass is 352 g/mol. The van der Waals surface area contributed by atoms with Crippen LogP contribution in [0.25, 0.3) is 0 Å². The lowest BCUT2D eigenvalue weighted by molar-refractivity contribution is 0.312. The number of anilines is 1. The number of hydrogen-bond acceptors (Lipinski definition) is 2. The Bertz CT molecular complexity index is 655. The summed E-state index contributed by atoms with van der Waals surface area (Å²) >= 11 is 0. The molecule has 1 atom stereocenters. The molecule has 142 valence electrons. The largest absolute Gasteiger partial charge is 0.355 e. The van der Waals surface area contributed by atoms with Gasteiger partial charge in [-0.1, -0.05) is 71.9 Å². The van der Waals surface area contributed by atoms with E-state index >= 15 is 0 Å². The normalized spacial score (nSPS) is 20.7. The molecule has 1 aliphatic heterocycles. The molecule has 0 aromatic heterocycles. The van der Waals surface area contributed by atoms with Crippen LogP contribution in [-0.2, 0) is 0 Å². The molecular weight excluding hydrogens is 316 g/mol. The van der Waals surface area contributed by atoms with Crippen LogP contribution in [0.1, 0.15) is 70.9 Å². The molecule has 1 aromatic rings. The van der Waals surface area contributed by atoms with E-state index in [0.717, 1.165) is 19.8 Å². The maximum atomic E-state index is 2.63. The number of nitrogens with zero attached hydrogens (tertiary/aromatic N) is 2. The summed E-state index contributed by atoms with van der Waals surface area (Å²) in [6.07, 6.45) is 8.11. The fraction of sp³-hybridized carbons (Fsp3) is 0.583. The van der Waals surface area contributed by atoms with Gasteiger partial charge in [-0.15, -0.1) is 0 Å². The molecule has 0 amide bonds. The van der Waals surface area contributed by atoms with Crippen LogP contribution >= 0.6 is 0 Å². The fourth-order valence-corrected chi connectivity index (χ4v) is 4.45.